The van der Waals surface area contributed by atoms with E-state index in [0.717, 1.165) is 44.4 Å². The van der Waals surface area contributed by atoms with Crippen molar-refractivity contribution in [3.05, 3.63) is 158 Å². The smallest absolute Gasteiger partial charge is 0.136 e. The molecule has 0 saturated heterocycles. The van der Waals surface area contributed by atoms with Crippen LogP contribution in [0.4, 0.5) is 11.4 Å². The Morgan fingerprint density at radius 2 is 1.07 bits per heavy atom. The molecule has 0 bridgehead atoms. The van der Waals surface area contributed by atoms with Gasteiger partial charge in [-0.05, 0) is 81.2 Å². The topological polar surface area (TPSA) is 25.2 Å². The van der Waals surface area contributed by atoms with Crippen molar-refractivity contribution in [2.24, 2.45) is 0 Å². The molecule has 0 aliphatic rings. The molecule has 0 atom stereocenters. The normalized spacial score (nSPS) is 11.3. The number of benzene rings is 7. The van der Waals surface area contributed by atoms with E-state index in [0.29, 0.717) is 0 Å². The van der Waals surface area contributed by atoms with Crippen LogP contribution in [0, 0.1) is 0 Å². The summed E-state index contributed by atoms with van der Waals surface area (Å²) in [5.74, 6) is 0. The lowest BCUT2D eigenvalue weighted by molar-refractivity contribution is 0.669. The highest BCUT2D eigenvalue weighted by Gasteiger charge is 2.15. The summed E-state index contributed by atoms with van der Waals surface area (Å²) in [6.45, 7) is 0. The molecule has 42 heavy (non-hydrogen) atoms. The van der Waals surface area contributed by atoms with Gasteiger partial charge in [0.15, 0.2) is 0 Å². The molecule has 2 heteroatoms. The van der Waals surface area contributed by atoms with Gasteiger partial charge in [-0.25, -0.2) is 0 Å². The highest BCUT2D eigenvalue weighted by Crippen LogP contribution is 2.41. The third kappa shape index (κ3) is 4.31. The van der Waals surface area contributed by atoms with Gasteiger partial charge in [0.1, 0.15) is 11.2 Å². The molecule has 2 nitrogen and oxygen atoms in total. The van der Waals surface area contributed by atoms with Crippen LogP contribution in [0.25, 0.3) is 66.1 Å². The maximum absolute atomic E-state index is 6.35. The zero-order valence-electron chi connectivity index (χ0n) is 22.9. The Hall–Kier alpha value is -5.60. The van der Waals surface area contributed by atoms with Crippen LogP contribution in [0.3, 0.4) is 0 Å². The van der Waals surface area contributed by atoms with Gasteiger partial charge < -0.3 is 9.73 Å². The van der Waals surface area contributed by atoms with E-state index in [2.05, 4.69) is 157 Å². The minimum absolute atomic E-state index is 0.895. The molecule has 0 radical (unpaired) electrons. The Morgan fingerprint density at radius 1 is 0.405 bits per heavy atom. The van der Waals surface area contributed by atoms with Crippen LogP contribution in [0.1, 0.15) is 0 Å². The molecule has 0 aliphatic heterocycles. The Kier molecular flexibility index (Phi) is 5.82. The second-order valence-electron chi connectivity index (χ2n) is 10.7. The zero-order chi connectivity index (χ0) is 27.9. The minimum Gasteiger partial charge on any atom is -0.456 e. The van der Waals surface area contributed by atoms with Gasteiger partial charge in [0, 0.05) is 27.5 Å². The van der Waals surface area contributed by atoms with E-state index in [9.17, 15) is 0 Å². The number of anilines is 2. The van der Waals surface area contributed by atoms with Crippen LogP contribution in [-0.2, 0) is 0 Å². The molecule has 0 aliphatic carbocycles. The number of nitrogens with one attached hydrogen (secondary N) is 1. The Labute approximate surface area is 244 Å². The quantitative estimate of drug-likeness (QED) is 0.236. The van der Waals surface area contributed by atoms with Crippen molar-refractivity contribution in [1.29, 1.82) is 0 Å². The largest absolute Gasteiger partial charge is 0.456 e. The maximum atomic E-state index is 6.35. The minimum atomic E-state index is 0.895. The molecule has 7 aromatic carbocycles. The van der Waals surface area contributed by atoms with Gasteiger partial charge in [0.2, 0.25) is 0 Å². The molecular weight excluding hydrogens is 510 g/mol. The second-order valence-corrected chi connectivity index (χ2v) is 10.7. The first-order valence-corrected chi connectivity index (χ1v) is 14.3. The number of hydrogen-bond acceptors (Lipinski definition) is 2. The summed E-state index contributed by atoms with van der Waals surface area (Å²) in [5.41, 5.74) is 11.0. The number of rotatable bonds is 5. The Bertz CT molecular complexity index is 2190. The van der Waals surface area contributed by atoms with Gasteiger partial charge in [0.25, 0.3) is 0 Å². The predicted molar refractivity (Wildman–Crippen MR) is 177 cm³/mol. The van der Waals surface area contributed by atoms with Crippen molar-refractivity contribution in [3.8, 4) is 33.4 Å². The molecule has 0 amide bonds. The maximum Gasteiger partial charge on any atom is 0.136 e. The molecule has 0 saturated carbocycles. The first kappa shape index (κ1) is 24.2. The van der Waals surface area contributed by atoms with Crippen molar-refractivity contribution >= 4 is 44.1 Å². The third-order valence-electron chi connectivity index (χ3n) is 8.05. The number of furan rings is 1. The van der Waals surface area contributed by atoms with Gasteiger partial charge in [-0.15, -0.1) is 0 Å². The summed E-state index contributed by atoms with van der Waals surface area (Å²) in [6.07, 6.45) is 0. The van der Waals surface area contributed by atoms with Crippen LogP contribution < -0.4 is 5.32 Å². The monoisotopic (exact) mass is 537 g/mol. The molecule has 0 spiro atoms. The van der Waals surface area contributed by atoms with E-state index in [1.54, 1.807) is 0 Å². The fourth-order valence-electron chi connectivity index (χ4n) is 5.98. The second kappa shape index (κ2) is 10.1. The van der Waals surface area contributed by atoms with E-state index in [1.807, 2.05) is 6.07 Å². The molecule has 0 fully saturated rings. The Morgan fingerprint density at radius 3 is 1.86 bits per heavy atom. The van der Waals surface area contributed by atoms with E-state index >= 15 is 0 Å². The van der Waals surface area contributed by atoms with E-state index < -0.39 is 0 Å². The lowest BCUT2D eigenvalue weighted by Crippen LogP contribution is -1.93. The third-order valence-corrected chi connectivity index (χ3v) is 8.05. The summed E-state index contributed by atoms with van der Waals surface area (Å²) in [4.78, 5) is 0. The lowest BCUT2D eigenvalue weighted by atomic mass is 9.95. The predicted octanol–water partition coefficient (Wildman–Crippen LogP) is 11.5. The molecule has 8 aromatic rings. The van der Waals surface area contributed by atoms with Gasteiger partial charge >= 0.3 is 0 Å². The first-order chi connectivity index (χ1) is 20.8. The van der Waals surface area contributed by atoms with Gasteiger partial charge in [-0.1, -0.05) is 115 Å². The van der Waals surface area contributed by atoms with Crippen molar-refractivity contribution in [2.75, 3.05) is 5.32 Å². The molecular formula is C40H27NO. The summed E-state index contributed by atoms with van der Waals surface area (Å²) in [5, 5.41) is 8.36. The number of hydrogen-bond donors (Lipinski definition) is 1. The molecule has 198 valence electrons. The molecule has 1 N–H and O–H groups in total. The Balaban J connectivity index is 1.26. The summed E-state index contributed by atoms with van der Waals surface area (Å²) < 4.78 is 6.35. The molecule has 8 rings (SSSR count). The van der Waals surface area contributed by atoms with E-state index in [4.69, 9.17) is 4.42 Å². The number of fused-ring (bicyclic) bond motifs is 4. The summed E-state index contributed by atoms with van der Waals surface area (Å²) in [6, 6.07) is 55.6. The van der Waals surface area contributed by atoms with Gasteiger partial charge in [0.05, 0.1) is 0 Å². The zero-order valence-corrected chi connectivity index (χ0v) is 22.9. The van der Waals surface area contributed by atoms with Gasteiger partial charge in [-0.3, -0.25) is 0 Å². The highest BCUT2D eigenvalue weighted by atomic mass is 16.3. The first-order valence-electron chi connectivity index (χ1n) is 14.3. The fraction of sp³-hybridized carbons (Fsp3) is 0. The van der Waals surface area contributed by atoms with Crippen LogP contribution in [-0.4, -0.2) is 0 Å². The molecule has 1 aromatic heterocycles. The summed E-state index contributed by atoms with van der Waals surface area (Å²) >= 11 is 0. The average molecular weight is 538 g/mol. The molecule has 0 unspecified atom stereocenters. The van der Waals surface area contributed by atoms with Crippen LogP contribution >= 0.6 is 0 Å². The average Bonchev–Trinajstić information content (AvgIpc) is 3.44. The van der Waals surface area contributed by atoms with Crippen molar-refractivity contribution in [3.63, 3.8) is 0 Å². The van der Waals surface area contributed by atoms with Crippen molar-refractivity contribution in [1.82, 2.24) is 0 Å². The lowest BCUT2D eigenvalue weighted by Gasteiger charge is -2.14. The summed E-state index contributed by atoms with van der Waals surface area (Å²) in [7, 11) is 0. The van der Waals surface area contributed by atoms with Crippen LogP contribution in [0.5, 0.6) is 0 Å². The molecule has 1 heterocycles. The van der Waals surface area contributed by atoms with Crippen LogP contribution in [0.2, 0.25) is 0 Å². The van der Waals surface area contributed by atoms with E-state index in [-0.39, 0.29) is 0 Å². The van der Waals surface area contributed by atoms with Gasteiger partial charge in [-0.2, -0.15) is 0 Å². The standard InChI is InChI=1S/C40H27NO/c1-3-10-27(11-4-1)29-18-21-33(22-19-29)41-37-26-32(24-31-14-7-8-15-34(31)37)35-16-9-17-39-40(35)36-25-30(20-23-38(36)42-39)28-12-5-2-6-13-28/h1-26,41H. The SMILES string of the molecule is c1ccc(-c2ccc(Nc3cc(-c4cccc5oc6ccc(-c7ccccc7)cc6c45)cc4ccccc34)cc2)cc1. The van der Waals surface area contributed by atoms with E-state index in [1.165, 1.54) is 33.0 Å². The fourth-order valence-corrected chi connectivity index (χ4v) is 5.98. The van der Waals surface area contributed by atoms with Crippen molar-refractivity contribution in [2.45, 2.75) is 0 Å². The van der Waals surface area contributed by atoms with Crippen LogP contribution in [0.15, 0.2) is 162 Å². The van der Waals surface area contributed by atoms with Crippen molar-refractivity contribution < 1.29 is 4.42 Å². The highest BCUT2D eigenvalue weighted by molar-refractivity contribution is 6.14.